The van der Waals surface area contributed by atoms with Crippen LogP contribution in [0, 0.1) is 35.7 Å². The molecule has 2 aliphatic rings. The van der Waals surface area contributed by atoms with Gasteiger partial charge in [0.1, 0.15) is 0 Å². The van der Waals surface area contributed by atoms with Gasteiger partial charge >= 0.3 is 21.7 Å². The molecule has 0 N–H and O–H groups in total. The van der Waals surface area contributed by atoms with Crippen LogP contribution in [0.5, 0.6) is 0 Å². The average molecular weight is 358 g/mol. The first-order chi connectivity index (χ1) is 6.95. The summed E-state index contributed by atoms with van der Waals surface area (Å²) in [4.78, 5) is 0. The molecule has 0 amide bonds. The van der Waals surface area contributed by atoms with Crippen molar-refractivity contribution in [1.82, 2.24) is 0 Å². The third kappa shape index (κ3) is 4.04. The summed E-state index contributed by atoms with van der Waals surface area (Å²) >= 11 is 0. The summed E-state index contributed by atoms with van der Waals surface area (Å²) in [5.74, 6) is 3.65. The summed E-state index contributed by atoms with van der Waals surface area (Å²) in [7, 11) is 0. The van der Waals surface area contributed by atoms with E-state index >= 15 is 0 Å². The Kier molecular flexibility index (Phi) is 12.1. The molecule has 0 aromatic heterocycles. The topological polar surface area (TPSA) is 0 Å². The van der Waals surface area contributed by atoms with E-state index in [-0.39, 0.29) is 58.9 Å². The van der Waals surface area contributed by atoms with Crippen molar-refractivity contribution in [2.75, 3.05) is 0 Å². The van der Waals surface area contributed by atoms with E-state index in [1.807, 2.05) is 0 Å². The smallest absolute Gasteiger partial charge is 1.00 e. The van der Waals surface area contributed by atoms with E-state index < -0.39 is 0 Å². The van der Waals surface area contributed by atoms with E-state index in [1.54, 1.807) is 11.1 Å². The van der Waals surface area contributed by atoms with Crippen molar-refractivity contribution in [2.24, 2.45) is 29.6 Å². The summed E-state index contributed by atoms with van der Waals surface area (Å²) in [6.45, 7) is 14.2. The van der Waals surface area contributed by atoms with Gasteiger partial charge in [-0.3, -0.25) is 6.08 Å². The van der Waals surface area contributed by atoms with Crippen molar-refractivity contribution in [2.45, 2.75) is 41.5 Å². The van der Waals surface area contributed by atoms with Gasteiger partial charge in [0.2, 0.25) is 0 Å². The molecule has 0 spiro atoms. The maximum absolute atomic E-state index is 3.60. The van der Waals surface area contributed by atoms with E-state index in [0.29, 0.717) is 5.92 Å². The van der Waals surface area contributed by atoms with Crippen LogP contribution in [-0.2, 0) is 21.7 Å². The van der Waals surface area contributed by atoms with Crippen LogP contribution < -0.4 is 37.2 Å². The number of allylic oxidation sites excluding steroid dienone is 4. The standard InChI is InChI=1S/C15H23.3ClH.Ti/c1-8-7-9(2)15-13(6)11(4)10(3)12(5)14(8)15;;;;/h8,10-13H,1-6H3;3*1H;/q-1;;;;+4/p-3. The minimum atomic E-state index is 0. The van der Waals surface area contributed by atoms with Crippen molar-refractivity contribution in [1.29, 1.82) is 0 Å². The number of rotatable bonds is 0. The molecular weight excluding hydrogens is 334 g/mol. The Balaban J connectivity index is -0.000000640. The Labute approximate surface area is 152 Å². The quantitative estimate of drug-likeness (QED) is 0.302. The SMILES string of the molecule is CC1=[C-]C(C)C2=C1C(C)C(C)C(C)C2C.[Cl-].[Cl-].[Cl-].[Ti+4]. The molecule has 0 saturated heterocycles. The van der Waals surface area contributed by atoms with E-state index in [9.17, 15) is 0 Å². The van der Waals surface area contributed by atoms with Gasteiger partial charge in [-0.1, -0.05) is 53.4 Å². The van der Waals surface area contributed by atoms with Gasteiger partial charge in [-0.15, -0.1) is 0 Å². The molecule has 0 heterocycles. The fourth-order valence-corrected chi connectivity index (χ4v) is 3.63. The molecule has 5 atom stereocenters. The molecule has 0 saturated carbocycles. The molecule has 0 fully saturated rings. The van der Waals surface area contributed by atoms with Crippen molar-refractivity contribution >= 4 is 0 Å². The first kappa shape index (κ1) is 25.0. The summed E-state index contributed by atoms with van der Waals surface area (Å²) < 4.78 is 0. The minimum absolute atomic E-state index is 0. The van der Waals surface area contributed by atoms with Gasteiger partial charge < -0.3 is 37.2 Å². The van der Waals surface area contributed by atoms with Gasteiger partial charge in [0.25, 0.3) is 0 Å². The van der Waals surface area contributed by atoms with Gasteiger partial charge in [0, 0.05) is 0 Å². The Morgan fingerprint density at radius 1 is 0.789 bits per heavy atom. The number of hydrogen-bond acceptors (Lipinski definition) is 0. The molecular formula is C15H23Cl3Ti. The second-order valence-corrected chi connectivity index (χ2v) is 5.66. The molecule has 4 heteroatoms. The van der Waals surface area contributed by atoms with E-state index in [1.165, 1.54) is 5.57 Å². The van der Waals surface area contributed by atoms with Crippen LogP contribution in [0.15, 0.2) is 16.7 Å². The molecule has 19 heavy (non-hydrogen) atoms. The molecule has 0 bridgehead atoms. The number of hydrogen-bond donors (Lipinski definition) is 0. The van der Waals surface area contributed by atoms with Crippen LogP contribution in [0.3, 0.4) is 0 Å². The second kappa shape index (κ2) is 9.16. The largest absolute Gasteiger partial charge is 4.00 e. The third-order valence-electron chi connectivity index (χ3n) is 4.97. The zero-order valence-electron chi connectivity index (χ0n) is 12.5. The van der Waals surface area contributed by atoms with Crippen molar-refractivity contribution in [3.63, 3.8) is 0 Å². The maximum atomic E-state index is 3.60. The Hall–Kier alpha value is 1.06. The minimum Gasteiger partial charge on any atom is -1.00 e. The Morgan fingerprint density at radius 2 is 1.21 bits per heavy atom. The molecule has 5 unspecified atom stereocenters. The summed E-state index contributed by atoms with van der Waals surface area (Å²) in [5.41, 5.74) is 4.75. The van der Waals surface area contributed by atoms with Crippen molar-refractivity contribution < 1.29 is 58.9 Å². The van der Waals surface area contributed by atoms with Crippen LogP contribution in [-0.4, -0.2) is 0 Å². The fourth-order valence-electron chi connectivity index (χ4n) is 3.63. The van der Waals surface area contributed by atoms with Crippen LogP contribution in [0.1, 0.15) is 41.5 Å². The van der Waals surface area contributed by atoms with Gasteiger partial charge in [-0.05, 0) is 17.8 Å². The molecule has 2 rings (SSSR count). The maximum Gasteiger partial charge on any atom is 4.00 e. The predicted octanol–water partition coefficient (Wildman–Crippen LogP) is -4.75. The summed E-state index contributed by atoms with van der Waals surface area (Å²) in [5, 5.41) is 0. The summed E-state index contributed by atoms with van der Waals surface area (Å²) in [6.07, 6.45) is 3.60. The summed E-state index contributed by atoms with van der Waals surface area (Å²) in [6, 6.07) is 0. The predicted molar refractivity (Wildman–Crippen MR) is 65.3 cm³/mol. The molecule has 0 aliphatic heterocycles. The van der Waals surface area contributed by atoms with Gasteiger partial charge in [0.05, 0.1) is 0 Å². The third-order valence-corrected chi connectivity index (χ3v) is 4.97. The molecule has 2 aliphatic carbocycles. The van der Waals surface area contributed by atoms with E-state index in [2.05, 4.69) is 47.6 Å². The molecule has 0 aromatic rings. The molecule has 0 aromatic carbocycles. The normalized spacial score (nSPS) is 35.9. The molecule has 0 radical (unpaired) electrons. The van der Waals surface area contributed by atoms with Crippen molar-refractivity contribution in [3.8, 4) is 0 Å². The fraction of sp³-hybridized carbons (Fsp3) is 0.733. The number of halogens is 3. The molecule has 108 valence electrons. The zero-order chi connectivity index (χ0) is 11.3. The van der Waals surface area contributed by atoms with Crippen LogP contribution in [0.2, 0.25) is 0 Å². The van der Waals surface area contributed by atoms with Gasteiger partial charge in [-0.25, -0.2) is 5.57 Å². The van der Waals surface area contributed by atoms with Crippen molar-refractivity contribution in [3.05, 3.63) is 22.8 Å². The van der Waals surface area contributed by atoms with E-state index in [0.717, 1.165) is 23.7 Å². The van der Waals surface area contributed by atoms with Crippen LogP contribution >= 0.6 is 0 Å². The Morgan fingerprint density at radius 3 is 1.68 bits per heavy atom. The van der Waals surface area contributed by atoms with Crippen LogP contribution in [0.4, 0.5) is 0 Å². The second-order valence-electron chi connectivity index (χ2n) is 5.66. The van der Waals surface area contributed by atoms with Gasteiger partial charge in [-0.2, -0.15) is 11.1 Å². The molecule has 0 nitrogen and oxygen atoms in total. The zero-order valence-corrected chi connectivity index (χ0v) is 16.3. The first-order valence-electron chi connectivity index (χ1n) is 6.29. The van der Waals surface area contributed by atoms with E-state index in [4.69, 9.17) is 0 Å². The van der Waals surface area contributed by atoms with Crippen LogP contribution in [0.25, 0.3) is 0 Å². The Bertz CT molecular complexity index is 349. The first-order valence-corrected chi connectivity index (χ1v) is 6.29. The average Bonchev–Trinajstić information content (AvgIpc) is 2.47. The van der Waals surface area contributed by atoms with Gasteiger partial charge in [0.15, 0.2) is 0 Å². The monoisotopic (exact) mass is 356 g/mol.